The van der Waals surface area contributed by atoms with Gasteiger partial charge in [-0.25, -0.2) is 0 Å². The van der Waals surface area contributed by atoms with E-state index >= 15 is 0 Å². The van der Waals surface area contributed by atoms with Crippen molar-refractivity contribution < 1.29 is 18.8 Å². The first kappa shape index (κ1) is 19.4. The van der Waals surface area contributed by atoms with Crippen molar-refractivity contribution in [1.29, 1.82) is 0 Å². The maximum atomic E-state index is 12.3. The number of nitrogens with one attached hydrogen (secondary N) is 1. The van der Waals surface area contributed by atoms with Crippen molar-refractivity contribution in [1.82, 2.24) is 10.5 Å². The number of carbonyl (C=O) groups is 1. The van der Waals surface area contributed by atoms with E-state index in [0.29, 0.717) is 24.8 Å². The zero-order chi connectivity index (χ0) is 19.9. The van der Waals surface area contributed by atoms with Crippen LogP contribution in [0.4, 0.5) is 0 Å². The van der Waals surface area contributed by atoms with Crippen LogP contribution in [0, 0.1) is 5.92 Å². The Balaban J connectivity index is 1.38. The van der Waals surface area contributed by atoms with Crippen molar-refractivity contribution in [2.75, 3.05) is 19.8 Å². The minimum absolute atomic E-state index is 0.213. The van der Waals surface area contributed by atoms with Crippen LogP contribution in [-0.2, 0) is 16.1 Å². The molecule has 0 radical (unpaired) electrons. The fourth-order valence-electron chi connectivity index (χ4n) is 3.37. The van der Waals surface area contributed by atoms with E-state index in [4.69, 9.17) is 14.0 Å². The summed E-state index contributed by atoms with van der Waals surface area (Å²) in [6, 6.07) is 21.7. The Morgan fingerprint density at radius 1 is 1.10 bits per heavy atom. The van der Waals surface area contributed by atoms with Gasteiger partial charge in [-0.15, -0.1) is 0 Å². The molecule has 150 valence electrons. The molecule has 6 nitrogen and oxygen atoms in total. The Kier molecular flexibility index (Phi) is 6.34. The number of benzene rings is 2. The number of rotatable bonds is 8. The maximum Gasteiger partial charge on any atom is 0.273 e. The number of nitrogens with zero attached hydrogens (tertiary/aromatic N) is 1. The van der Waals surface area contributed by atoms with Gasteiger partial charge in [0.25, 0.3) is 5.91 Å². The van der Waals surface area contributed by atoms with Crippen LogP contribution in [0.2, 0.25) is 0 Å². The summed E-state index contributed by atoms with van der Waals surface area (Å²) in [5.74, 6) is 0.636. The van der Waals surface area contributed by atoms with Gasteiger partial charge in [-0.1, -0.05) is 65.8 Å². The van der Waals surface area contributed by atoms with E-state index < -0.39 is 0 Å². The molecule has 6 heteroatoms. The first-order valence-corrected chi connectivity index (χ1v) is 9.82. The van der Waals surface area contributed by atoms with Gasteiger partial charge in [-0.2, -0.15) is 0 Å². The third-order valence-corrected chi connectivity index (χ3v) is 4.96. The quantitative estimate of drug-likeness (QED) is 0.632. The maximum absolute atomic E-state index is 12.3. The van der Waals surface area contributed by atoms with Crippen molar-refractivity contribution in [3.8, 4) is 0 Å². The fourth-order valence-corrected chi connectivity index (χ4v) is 3.37. The minimum Gasteiger partial charge on any atom is -0.381 e. The summed E-state index contributed by atoms with van der Waals surface area (Å²) in [4.78, 5) is 12.3. The van der Waals surface area contributed by atoms with Crippen LogP contribution >= 0.6 is 0 Å². The third kappa shape index (κ3) is 5.10. The summed E-state index contributed by atoms with van der Waals surface area (Å²) in [7, 11) is 0. The number of amides is 1. The van der Waals surface area contributed by atoms with Gasteiger partial charge in [-0.3, -0.25) is 4.79 Å². The predicted octanol–water partition coefficient (Wildman–Crippen LogP) is 3.75. The number of ether oxygens (including phenoxy) is 2. The molecule has 1 fully saturated rings. The highest BCUT2D eigenvalue weighted by Gasteiger charge is 2.20. The highest BCUT2D eigenvalue weighted by molar-refractivity contribution is 5.92. The molecule has 0 saturated carbocycles. The van der Waals surface area contributed by atoms with Gasteiger partial charge in [0.1, 0.15) is 12.7 Å². The van der Waals surface area contributed by atoms with Gasteiger partial charge in [0, 0.05) is 25.1 Å². The number of aromatic nitrogens is 1. The van der Waals surface area contributed by atoms with Crippen LogP contribution in [0.1, 0.15) is 39.9 Å². The Morgan fingerprint density at radius 2 is 1.79 bits per heavy atom. The fraction of sp³-hybridized carbons (Fsp3) is 0.304. The largest absolute Gasteiger partial charge is 0.381 e. The molecule has 29 heavy (non-hydrogen) atoms. The minimum atomic E-state index is -0.241. The van der Waals surface area contributed by atoms with Crippen molar-refractivity contribution in [3.05, 3.63) is 89.3 Å². The molecular weight excluding hydrogens is 368 g/mol. The highest BCUT2D eigenvalue weighted by atomic mass is 16.5. The van der Waals surface area contributed by atoms with Gasteiger partial charge >= 0.3 is 0 Å². The van der Waals surface area contributed by atoms with Crippen LogP contribution < -0.4 is 5.32 Å². The molecule has 0 bridgehead atoms. The SMILES string of the molecule is O=C(NCC1CCOC1)c1cc(COC(c2ccccc2)c2ccccc2)on1. The smallest absolute Gasteiger partial charge is 0.273 e. The Hall–Kier alpha value is -2.96. The summed E-state index contributed by atoms with van der Waals surface area (Å²) in [6.45, 7) is 2.25. The van der Waals surface area contributed by atoms with Crippen LogP contribution in [0.3, 0.4) is 0 Å². The monoisotopic (exact) mass is 392 g/mol. The molecule has 2 aromatic carbocycles. The molecule has 1 atom stereocenters. The number of hydrogen-bond donors (Lipinski definition) is 1. The van der Waals surface area contributed by atoms with Gasteiger partial charge < -0.3 is 19.3 Å². The second kappa shape index (κ2) is 9.49. The molecule has 2 heterocycles. The molecule has 1 aromatic heterocycles. The summed E-state index contributed by atoms with van der Waals surface area (Å²) in [6.07, 6.45) is 0.737. The standard InChI is InChI=1S/C23H24N2O4/c26-23(24-14-17-11-12-27-15-17)21-13-20(29-25-21)16-28-22(18-7-3-1-4-8-18)19-9-5-2-6-10-19/h1-10,13,17,22H,11-12,14-16H2,(H,24,26). The molecule has 3 aromatic rings. The van der Waals surface area contributed by atoms with E-state index in [1.54, 1.807) is 6.07 Å². The van der Waals surface area contributed by atoms with Crippen molar-refractivity contribution in [3.63, 3.8) is 0 Å². The first-order valence-electron chi connectivity index (χ1n) is 9.82. The molecule has 0 aliphatic carbocycles. The number of hydrogen-bond acceptors (Lipinski definition) is 5. The zero-order valence-electron chi connectivity index (χ0n) is 16.1. The van der Waals surface area contributed by atoms with Crippen LogP contribution in [0.25, 0.3) is 0 Å². The lowest BCUT2D eigenvalue weighted by Gasteiger charge is -2.18. The van der Waals surface area contributed by atoms with Crippen molar-refractivity contribution >= 4 is 5.91 Å². The van der Waals surface area contributed by atoms with Gasteiger partial charge in [0.2, 0.25) is 0 Å². The summed E-state index contributed by atoms with van der Waals surface area (Å²) in [5.41, 5.74) is 2.36. The Bertz CT molecular complexity index is 865. The summed E-state index contributed by atoms with van der Waals surface area (Å²) >= 11 is 0. The van der Waals surface area contributed by atoms with E-state index in [0.717, 1.165) is 24.2 Å². The lowest BCUT2D eigenvalue weighted by Crippen LogP contribution is -2.29. The molecule has 0 spiro atoms. The predicted molar refractivity (Wildman–Crippen MR) is 107 cm³/mol. The van der Waals surface area contributed by atoms with Crippen molar-refractivity contribution in [2.45, 2.75) is 19.1 Å². The summed E-state index contributed by atoms with van der Waals surface area (Å²) < 4.78 is 16.8. The van der Waals surface area contributed by atoms with E-state index in [2.05, 4.69) is 10.5 Å². The zero-order valence-corrected chi connectivity index (χ0v) is 16.1. The molecule has 1 aliphatic heterocycles. The number of carbonyl (C=O) groups excluding carboxylic acids is 1. The third-order valence-electron chi connectivity index (χ3n) is 4.96. The van der Waals surface area contributed by atoms with Crippen LogP contribution in [-0.4, -0.2) is 30.8 Å². The molecule has 1 N–H and O–H groups in total. The average Bonchev–Trinajstić information content (AvgIpc) is 3.46. The van der Waals surface area contributed by atoms with E-state index in [9.17, 15) is 4.79 Å². The Labute approximate surface area is 169 Å². The molecule has 1 saturated heterocycles. The van der Waals surface area contributed by atoms with Gasteiger partial charge in [-0.05, 0) is 17.5 Å². The molecule has 1 amide bonds. The van der Waals surface area contributed by atoms with E-state index in [1.807, 2.05) is 60.7 Å². The normalized spacial score (nSPS) is 16.2. The second-order valence-corrected chi connectivity index (χ2v) is 7.13. The molecule has 1 aliphatic rings. The summed E-state index contributed by atoms with van der Waals surface area (Å²) in [5, 5.41) is 6.78. The van der Waals surface area contributed by atoms with Crippen LogP contribution in [0.15, 0.2) is 71.3 Å². The van der Waals surface area contributed by atoms with E-state index in [1.165, 1.54) is 0 Å². The molecular formula is C23H24N2O4. The highest BCUT2D eigenvalue weighted by Crippen LogP contribution is 2.27. The van der Waals surface area contributed by atoms with Crippen LogP contribution in [0.5, 0.6) is 0 Å². The average molecular weight is 392 g/mol. The van der Waals surface area contributed by atoms with E-state index in [-0.39, 0.29) is 24.3 Å². The second-order valence-electron chi connectivity index (χ2n) is 7.13. The lowest BCUT2D eigenvalue weighted by molar-refractivity contribution is 0.0520. The topological polar surface area (TPSA) is 73.6 Å². The van der Waals surface area contributed by atoms with Gasteiger partial charge in [0.05, 0.1) is 6.61 Å². The Morgan fingerprint density at radius 3 is 2.41 bits per heavy atom. The molecule has 4 rings (SSSR count). The molecule has 1 unspecified atom stereocenters. The first-order chi connectivity index (χ1) is 14.3. The van der Waals surface area contributed by atoms with Gasteiger partial charge in [0.15, 0.2) is 11.5 Å². The lowest BCUT2D eigenvalue weighted by atomic mass is 10.0. The van der Waals surface area contributed by atoms with Crippen molar-refractivity contribution in [2.24, 2.45) is 5.92 Å².